The minimum Gasteiger partial charge on any atom is -0.457 e. The predicted octanol–water partition coefficient (Wildman–Crippen LogP) is 3.93. The van der Waals surface area contributed by atoms with Gasteiger partial charge in [-0.25, -0.2) is 13.1 Å². The van der Waals surface area contributed by atoms with Crippen LogP contribution in [0.1, 0.15) is 17.2 Å². The van der Waals surface area contributed by atoms with Crippen LogP contribution in [-0.4, -0.2) is 38.9 Å². The third-order valence-electron chi connectivity index (χ3n) is 5.32. The van der Waals surface area contributed by atoms with Crippen molar-refractivity contribution in [2.75, 3.05) is 20.2 Å². The van der Waals surface area contributed by atoms with Crippen molar-refractivity contribution in [3.8, 4) is 11.5 Å². The van der Waals surface area contributed by atoms with Crippen LogP contribution in [0.4, 0.5) is 0 Å². The average Bonchev–Trinajstić information content (AvgIpc) is 3.18. The van der Waals surface area contributed by atoms with Crippen LogP contribution in [0.3, 0.4) is 0 Å². The monoisotopic (exact) mass is 438 g/mol. The summed E-state index contributed by atoms with van der Waals surface area (Å²) >= 11 is 0. The fourth-order valence-electron chi connectivity index (χ4n) is 3.76. The number of sulfonamides is 1. The van der Waals surface area contributed by atoms with Crippen LogP contribution in [0.2, 0.25) is 0 Å². The lowest BCUT2D eigenvalue weighted by atomic mass is 10.0. The first kappa shape index (κ1) is 21.5. The minimum atomic E-state index is -3.59. The van der Waals surface area contributed by atoms with Crippen molar-refractivity contribution >= 4 is 10.0 Å². The summed E-state index contributed by atoms with van der Waals surface area (Å²) < 4.78 is 34.8. The number of ether oxygens (including phenoxy) is 1. The van der Waals surface area contributed by atoms with Gasteiger partial charge in [0.15, 0.2) is 0 Å². The fourth-order valence-corrected chi connectivity index (χ4v) is 5.27. The van der Waals surface area contributed by atoms with E-state index in [0.29, 0.717) is 18.7 Å². The van der Waals surface area contributed by atoms with Gasteiger partial charge in [-0.05, 0) is 41.8 Å². The van der Waals surface area contributed by atoms with Gasteiger partial charge in [0.25, 0.3) is 0 Å². The van der Waals surface area contributed by atoms with Crippen molar-refractivity contribution in [3.63, 3.8) is 0 Å². The molecule has 0 aliphatic carbocycles. The van der Waals surface area contributed by atoms with E-state index in [1.54, 1.807) is 12.1 Å². The molecule has 1 fully saturated rings. The lowest BCUT2D eigenvalue weighted by Crippen LogP contribution is -2.40. The molecule has 31 heavy (non-hydrogen) atoms. The molecular formula is C24H26N2O4S. The Bertz CT molecular complexity index is 1090. The summed E-state index contributed by atoms with van der Waals surface area (Å²) in [5.74, 6) is 1.37. The molecule has 0 spiro atoms. The number of hydrogen-bond acceptors (Lipinski definition) is 5. The van der Waals surface area contributed by atoms with Gasteiger partial charge in [0, 0.05) is 13.6 Å². The molecule has 1 saturated heterocycles. The molecule has 2 unspecified atom stereocenters. The highest BCUT2D eigenvalue weighted by Gasteiger charge is 2.43. The second kappa shape index (κ2) is 9.62. The molecule has 0 amide bonds. The number of benzene rings is 3. The van der Waals surface area contributed by atoms with Gasteiger partial charge in [-0.3, -0.25) is 4.84 Å². The second-order valence-electron chi connectivity index (χ2n) is 7.49. The van der Waals surface area contributed by atoms with Crippen LogP contribution < -0.4 is 9.46 Å². The lowest BCUT2D eigenvalue weighted by Gasteiger charge is -2.23. The molecule has 1 aliphatic heterocycles. The predicted molar refractivity (Wildman–Crippen MR) is 120 cm³/mol. The maximum absolute atomic E-state index is 13.1. The molecule has 3 aromatic carbocycles. The zero-order valence-corrected chi connectivity index (χ0v) is 18.2. The molecule has 7 heteroatoms. The van der Waals surface area contributed by atoms with Crippen molar-refractivity contribution in [1.82, 2.24) is 9.79 Å². The summed E-state index contributed by atoms with van der Waals surface area (Å²) in [7, 11) is -1.83. The summed E-state index contributed by atoms with van der Waals surface area (Å²) in [5, 5.41) is 0.892. The summed E-state index contributed by atoms with van der Waals surface area (Å²) in [6, 6.07) is 26.4. The van der Waals surface area contributed by atoms with Crippen LogP contribution >= 0.6 is 0 Å². The Labute approximate surface area is 183 Å². The molecule has 4 rings (SSSR count). The first-order valence-corrected chi connectivity index (χ1v) is 11.8. The maximum Gasteiger partial charge on any atom is 0.218 e. The number of nitrogens with zero attached hydrogens (tertiary/aromatic N) is 1. The van der Waals surface area contributed by atoms with Gasteiger partial charge in [0.2, 0.25) is 10.0 Å². The van der Waals surface area contributed by atoms with Gasteiger partial charge in [0.1, 0.15) is 16.7 Å². The lowest BCUT2D eigenvalue weighted by molar-refractivity contribution is -0.110. The number of rotatable bonds is 8. The molecule has 2 atom stereocenters. The summed E-state index contributed by atoms with van der Waals surface area (Å²) in [6.45, 7) is 0.446. The standard InChI is InChI=1S/C24H26N2O4S/c1-26-24(20-11-8-14-22(17-20)30-21-12-6-3-7-13-21)23(18-29-26)31(27,28)25-16-15-19-9-4-2-5-10-19/h2-14,17,23-25H,15-16,18H2,1H3. The van der Waals surface area contributed by atoms with Gasteiger partial charge in [-0.15, -0.1) is 0 Å². The fraction of sp³-hybridized carbons (Fsp3) is 0.250. The first-order chi connectivity index (χ1) is 15.0. The van der Waals surface area contributed by atoms with Crippen LogP contribution in [0.5, 0.6) is 11.5 Å². The highest BCUT2D eigenvalue weighted by atomic mass is 32.2. The van der Waals surface area contributed by atoms with Gasteiger partial charge in [0.05, 0.1) is 12.6 Å². The zero-order valence-electron chi connectivity index (χ0n) is 17.3. The SMILES string of the molecule is CN1OCC(S(=O)(=O)NCCc2ccccc2)C1c1cccc(Oc2ccccc2)c1. The highest BCUT2D eigenvalue weighted by Crippen LogP contribution is 2.35. The molecule has 1 N–H and O–H groups in total. The van der Waals surface area contributed by atoms with E-state index in [9.17, 15) is 8.42 Å². The molecule has 162 valence electrons. The zero-order chi connectivity index (χ0) is 21.7. The molecule has 6 nitrogen and oxygen atoms in total. The summed E-state index contributed by atoms with van der Waals surface area (Å²) in [4.78, 5) is 5.61. The minimum absolute atomic E-state index is 0.103. The Morgan fingerprint density at radius 3 is 2.39 bits per heavy atom. The number of hydroxylamine groups is 2. The van der Waals surface area contributed by atoms with E-state index < -0.39 is 21.3 Å². The molecule has 0 bridgehead atoms. The van der Waals surface area contributed by atoms with Gasteiger partial charge >= 0.3 is 0 Å². The molecule has 1 heterocycles. The van der Waals surface area contributed by atoms with Crippen LogP contribution in [0.15, 0.2) is 84.9 Å². The van der Waals surface area contributed by atoms with Crippen LogP contribution in [-0.2, 0) is 21.3 Å². The van der Waals surface area contributed by atoms with Crippen molar-refractivity contribution in [1.29, 1.82) is 0 Å². The van der Waals surface area contributed by atoms with Gasteiger partial charge < -0.3 is 4.74 Å². The normalized spacial score (nSPS) is 19.4. The van der Waals surface area contributed by atoms with Crippen molar-refractivity contribution in [2.24, 2.45) is 0 Å². The maximum atomic E-state index is 13.1. The summed E-state index contributed by atoms with van der Waals surface area (Å²) in [6.07, 6.45) is 0.633. The average molecular weight is 439 g/mol. The molecular weight excluding hydrogens is 412 g/mol. The van der Waals surface area contributed by atoms with Crippen LogP contribution in [0.25, 0.3) is 0 Å². The van der Waals surface area contributed by atoms with E-state index in [0.717, 1.165) is 16.9 Å². The first-order valence-electron chi connectivity index (χ1n) is 10.2. The van der Waals surface area contributed by atoms with E-state index in [1.165, 1.54) is 0 Å². The van der Waals surface area contributed by atoms with E-state index in [4.69, 9.17) is 9.57 Å². The van der Waals surface area contributed by atoms with Crippen molar-refractivity contribution < 1.29 is 18.0 Å². The third kappa shape index (κ3) is 5.32. The van der Waals surface area contributed by atoms with Gasteiger partial charge in [-0.2, -0.15) is 5.06 Å². The molecule has 0 saturated carbocycles. The van der Waals surface area contributed by atoms with Crippen molar-refractivity contribution in [3.05, 3.63) is 96.1 Å². The van der Waals surface area contributed by atoms with Crippen molar-refractivity contribution in [2.45, 2.75) is 17.7 Å². The largest absolute Gasteiger partial charge is 0.457 e. The van der Waals surface area contributed by atoms with E-state index in [-0.39, 0.29) is 6.61 Å². The number of hydrogen-bond donors (Lipinski definition) is 1. The Kier molecular flexibility index (Phi) is 6.67. The molecule has 0 radical (unpaired) electrons. The Hall–Kier alpha value is -2.71. The number of nitrogens with one attached hydrogen (secondary N) is 1. The third-order valence-corrected chi connectivity index (χ3v) is 7.12. The van der Waals surface area contributed by atoms with E-state index >= 15 is 0 Å². The molecule has 1 aliphatic rings. The highest BCUT2D eigenvalue weighted by molar-refractivity contribution is 7.90. The topological polar surface area (TPSA) is 67.9 Å². The van der Waals surface area contributed by atoms with Gasteiger partial charge in [-0.1, -0.05) is 60.7 Å². The second-order valence-corrected chi connectivity index (χ2v) is 9.47. The van der Waals surface area contributed by atoms with Crippen LogP contribution in [0, 0.1) is 0 Å². The Morgan fingerprint density at radius 1 is 0.968 bits per heavy atom. The number of para-hydroxylation sites is 1. The Morgan fingerprint density at radius 2 is 1.65 bits per heavy atom. The molecule has 3 aromatic rings. The molecule has 0 aromatic heterocycles. The summed E-state index contributed by atoms with van der Waals surface area (Å²) in [5.41, 5.74) is 1.92. The quantitative estimate of drug-likeness (QED) is 0.577. The van der Waals surface area contributed by atoms with E-state index in [1.807, 2.05) is 84.9 Å². The van der Waals surface area contributed by atoms with E-state index in [2.05, 4.69) is 4.72 Å². The Balaban J connectivity index is 1.48. The smallest absolute Gasteiger partial charge is 0.218 e.